The average Bonchev–Trinajstić information content (AvgIpc) is 3.05. The zero-order valence-corrected chi connectivity index (χ0v) is 15.6. The van der Waals surface area contributed by atoms with Crippen molar-refractivity contribution in [3.63, 3.8) is 0 Å². The Hall–Kier alpha value is -2.34. The Labute approximate surface area is 160 Å². The molecule has 0 radical (unpaired) electrons. The van der Waals surface area contributed by atoms with Gasteiger partial charge < -0.3 is 9.88 Å². The highest BCUT2D eigenvalue weighted by molar-refractivity contribution is 7.99. The van der Waals surface area contributed by atoms with Crippen LogP contribution in [0.3, 0.4) is 0 Å². The van der Waals surface area contributed by atoms with Crippen molar-refractivity contribution in [1.82, 2.24) is 9.88 Å². The average molecular weight is 386 g/mol. The Kier molecular flexibility index (Phi) is 5.16. The minimum atomic E-state index is -0.313. The van der Waals surface area contributed by atoms with Crippen LogP contribution in [-0.2, 0) is 11.2 Å². The quantitative estimate of drug-likeness (QED) is 0.687. The molecular weight excluding hydrogens is 366 g/mol. The van der Waals surface area contributed by atoms with E-state index in [0.29, 0.717) is 12.8 Å². The monoisotopic (exact) mass is 386 g/mol. The molecule has 4 rings (SSSR count). The van der Waals surface area contributed by atoms with Crippen molar-refractivity contribution in [2.45, 2.75) is 19.3 Å². The van der Waals surface area contributed by atoms with E-state index in [9.17, 15) is 13.6 Å². The van der Waals surface area contributed by atoms with E-state index in [-0.39, 0.29) is 17.5 Å². The number of rotatable bonds is 4. The Morgan fingerprint density at radius 2 is 1.89 bits per heavy atom. The fourth-order valence-corrected chi connectivity index (χ4v) is 4.48. The van der Waals surface area contributed by atoms with Crippen LogP contribution in [-0.4, -0.2) is 34.0 Å². The second-order valence-corrected chi connectivity index (χ2v) is 7.80. The summed E-state index contributed by atoms with van der Waals surface area (Å²) in [6.07, 6.45) is 1.91. The molecule has 1 aromatic heterocycles. The van der Waals surface area contributed by atoms with E-state index >= 15 is 0 Å². The van der Waals surface area contributed by atoms with Crippen LogP contribution in [0.5, 0.6) is 0 Å². The molecule has 1 saturated heterocycles. The zero-order valence-electron chi connectivity index (χ0n) is 14.8. The first-order valence-corrected chi connectivity index (χ1v) is 10.2. The topological polar surface area (TPSA) is 36.1 Å². The summed E-state index contributed by atoms with van der Waals surface area (Å²) in [5, 5.41) is 0.773. The number of H-pyrrole nitrogens is 1. The van der Waals surface area contributed by atoms with Crippen molar-refractivity contribution in [1.29, 1.82) is 0 Å². The summed E-state index contributed by atoms with van der Waals surface area (Å²) in [5.74, 6) is 1.34. The van der Waals surface area contributed by atoms with Gasteiger partial charge in [0.25, 0.3) is 0 Å². The van der Waals surface area contributed by atoms with E-state index in [0.717, 1.165) is 52.3 Å². The number of nitrogens with one attached hydrogen (secondary N) is 1. The van der Waals surface area contributed by atoms with Gasteiger partial charge in [-0.05, 0) is 72.2 Å². The lowest BCUT2D eigenvalue weighted by atomic mass is 10.0. The molecule has 1 amide bonds. The van der Waals surface area contributed by atoms with Gasteiger partial charge in [0, 0.05) is 29.6 Å². The summed E-state index contributed by atoms with van der Waals surface area (Å²) < 4.78 is 27.1. The Bertz CT molecular complexity index is 962. The lowest BCUT2D eigenvalue weighted by Crippen LogP contribution is -2.34. The number of fused-ring (bicyclic) bond motifs is 1. The first kappa shape index (κ1) is 18.0. The maximum absolute atomic E-state index is 13.8. The smallest absolute Gasteiger partial charge is 0.223 e. The highest BCUT2D eigenvalue weighted by atomic mass is 32.2. The van der Waals surface area contributed by atoms with Gasteiger partial charge in [-0.3, -0.25) is 4.79 Å². The fraction of sp³-hybridized carbons (Fsp3) is 0.286. The summed E-state index contributed by atoms with van der Waals surface area (Å²) in [7, 11) is 0. The van der Waals surface area contributed by atoms with E-state index in [1.165, 1.54) is 24.3 Å². The van der Waals surface area contributed by atoms with Crippen LogP contribution in [0.4, 0.5) is 8.78 Å². The number of aryl methyl sites for hydroxylation is 1. The standard InChI is InChI=1S/C21H20F2N2OS/c22-15-4-2-14(3-5-15)21-17(18-12-16(23)6-8-19(18)24-21)7-9-20(26)25-10-1-11-27-13-25/h2-6,8,12,24H,1,7,9-11,13H2. The molecule has 3 nitrogen and oxygen atoms in total. The van der Waals surface area contributed by atoms with E-state index in [2.05, 4.69) is 4.98 Å². The van der Waals surface area contributed by atoms with E-state index in [1.54, 1.807) is 30.0 Å². The van der Waals surface area contributed by atoms with Crippen LogP contribution in [0.1, 0.15) is 18.4 Å². The van der Waals surface area contributed by atoms with Gasteiger partial charge in [0.1, 0.15) is 11.6 Å². The fourth-order valence-electron chi connectivity index (χ4n) is 3.53. The molecule has 0 aliphatic carbocycles. The number of benzene rings is 2. The van der Waals surface area contributed by atoms with Gasteiger partial charge >= 0.3 is 0 Å². The van der Waals surface area contributed by atoms with Gasteiger partial charge in [-0.25, -0.2) is 8.78 Å². The number of aromatic amines is 1. The van der Waals surface area contributed by atoms with Crippen molar-refractivity contribution in [3.05, 3.63) is 59.7 Å². The molecule has 0 bridgehead atoms. The summed E-state index contributed by atoms with van der Waals surface area (Å²) in [5.41, 5.74) is 3.35. The number of hydrogen-bond donors (Lipinski definition) is 1. The van der Waals surface area contributed by atoms with E-state index < -0.39 is 0 Å². The van der Waals surface area contributed by atoms with Crippen molar-refractivity contribution < 1.29 is 13.6 Å². The van der Waals surface area contributed by atoms with E-state index in [4.69, 9.17) is 0 Å². The number of carbonyl (C=O) groups is 1. The molecule has 1 aliphatic rings. The SMILES string of the molecule is O=C(CCc1c(-c2ccc(F)cc2)[nH]c2ccc(F)cc12)N1CCCSC1. The van der Waals surface area contributed by atoms with Gasteiger partial charge in [-0.15, -0.1) is 11.8 Å². The molecule has 1 aliphatic heterocycles. The minimum absolute atomic E-state index is 0.123. The third-order valence-electron chi connectivity index (χ3n) is 4.91. The van der Waals surface area contributed by atoms with Gasteiger partial charge in [0.05, 0.1) is 5.88 Å². The molecule has 1 N–H and O–H groups in total. The minimum Gasteiger partial charge on any atom is -0.354 e. The van der Waals surface area contributed by atoms with Crippen LogP contribution in [0.2, 0.25) is 0 Å². The predicted molar refractivity (Wildman–Crippen MR) is 106 cm³/mol. The molecule has 1 fully saturated rings. The number of hydrogen-bond acceptors (Lipinski definition) is 2. The first-order valence-electron chi connectivity index (χ1n) is 9.03. The highest BCUT2D eigenvalue weighted by Crippen LogP contribution is 2.32. The Morgan fingerprint density at radius 1 is 1.11 bits per heavy atom. The highest BCUT2D eigenvalue weighted by Gasteiger charge is 2.19. The molecule has 27 heavy (non-hydrogen) atoms. The van der Waals surface area contributed by atoms with Gasteiger partial charge in [-0.2, -0.15) is 0 Å². The van der Waals surface area contributed by atoms with Crippen molar-refractivity contribution in [3.8, 4) is 11.3 Å². The third-order valence-corrected chi connectivity index (χ3v) is 5.98. The molecule has 2 heterocycles. The van der Waals surface area contributed by atoms with Crippen molar-refractivity contribution in [2.75, 3.05) is 18.2 Å². The summed E-state index contributed by atoms with van der Waals surface area (Å²) >= 11 is 1.77. The van der Waals surface area contributed by atoms with Crippen LogP contribution < -0.4 is 0 Å². The van der Waals surface area contributed by atoms with E-state index in [1.807, 2.05) is 4.90 Å². The second-order valence-electron chi connectivity index (χ2n) is 6.72. The molecule has 3 aromatic rings. The van der Waals surface area contributed by atoms with Gasteiger partial charge in [0.2, 0.25) is 5.91 Å². The summed E-state index contributed by atoms with van der Waals surface area (Å²) in [6.45, 7) is 0.805. The molecule has 140 valence electrons. The molecule has 0 unspecified atom stereocenters. The molecule has 0 saturated carbocycles. The van der Waals surface area contributed by atoms with Crippen LogP contribution >= 0.6 is 11.8 Å². The van der Waals surface area contributed by atoms with Gasteiger partial charge in [-0.1, -0.05) is 0 Å². The Balaban J connectivity index is 1.66. The molecule has 0 spiro atoms. The number of thioether (sulfide) groups is 1. The molecule has 2 aromatic carbocycles. The number of aromatic nitrogens is 1. The predicted octanol–water partition coefficient (Wildman–Crippen LogP) is 4.97. The number of nitrogens with zero attached hydrogens (tertiary/aromatic N) is 1. The second kappa shape index (κ2) is 7.72. The number of halogens is 2. The largest absolute Gasteiger partial charge is 0.354 e. The lowest BCUT2D eigenvalue weighted by molar-refractivity contribution is -0.130. The summed E-state index contributed by atoms with van der Waals surface area (Å²) in [4.78, 5) is 17.8. The number of carbonyl (C=O) groups excluding carboxylic acids is 1. The summed E-state index contributed by atoms with van der Waals surface area (Å²) in [6, 6.07) is 10.8. The molecular formula is C21H20F2N2OS. The maximum atomic E-state index is 13.8. The Morgan fingerprint density at radius 3 is 2.63 bits per heavy atom. The van der Waals surface area contributed by atoms with Crippen LogP contribution in [0, 0.1) is 11.6 Å². The molecule has 0 atom stereocenters. The zero-order chi connectivity index (χ0) is 18.8. The number of amides is 1. The van der Waals surface area contributed by atoms with Gasteiger partial charge in [0.15, 0.2) is 0 Å². The third kappa shape index (κ3) is 3.86. The lowest BCUT2D eigenvalue weighted by Gasteiger charge is -2.26. The van der Waals surface area contributed by atoms with Crippen LogP contribution in [0.15, 0.2) is 42.5 Å². The maximum Gasteiger partial charge on any atom is 0.223 e. The molecule has 6 heteroatoms. The van der Waals surface area contributed by atoms with Crippen molar-refractivity contribution >= 4 is 28.6 Å². The van der Waals surface area contributed by atoms with Crippen LogP contribution in [0.25, 0.3) is 22.2 Å². The van der Waals surface area contributed by atoms with Crippen molar-refractivity contribution in [2.24, 2.45) is 0 Å². The first-order chi connectivity index (χ1) is 13.1. The normalized spacial score (nSPS) is 14.7.